The second-order valence-electron chi connectivity index (χ2n) is 3.90. The van der Waals surface area contributed by atoms with Crippen molar-refractivity contribution >= 4 is 11.9 Å². The van der Waals surface area contributed by atoms with Crippen molar-refractivity contribution in [3.05, 3.63) is 0 Å². The Morgan fingerprint density at radius 2 is 1.76 bits per heavy atom. The van der Waals surface area contributed by atoms with E-state index in [0.717, 1.165) is 5.12 Å². The van der Waals surface area contributed by atoms with E-state index in [0.29, 0.717) is 5.28 Å². The molecule has 0 aliphatic heterocycles. The maximum absolute atomic E-state index is 11.4. The number of rotatable bonds is 6. The minimum Gasteiger partial charge on any atom is -0.338 e. The Kier molecular flexibility index (Phi) is 6.61. The van der Waals surface area contributed by atoms with E-state index >= 15 is 0 Å². The second-order valence-corrected chi connectivity index (χ2v) is 3.90. The van der Waals surface area contributed by atoms with Crippen LogP contribution in [0.5, 0.6) is 0 Å². The van der Waals surface area contributed by atoms with Gasteiger partial charge in [0.1, 0.15) is 0 Å². The molecule has 0 saturated carbocycles. The average molecular weight is 248 g/mol. The topological polar surface area (TPSA) is 140 Å². The van der Waals surface area contributed by atoms with Crippen molar-refractivity contribution < 1.29 is 14.4 Å². The molecule has 1 amide bonds. The Morgan fingerprint density at radius 3 is 2.18 bits per heavy atom. The number of amides is 1. The lowest BCUT2D eigenvalue weighted by Crippen LogP contribution is -2.52. The molecule has 0 aromatic carbocycles. The number of carbonyl (C=O) groups is 2. The van der Waals surface area contributed by atoms with Crippen LogP contribution in [0.3, 0.4) is 0 Å². The van der Waals surface area contributed by atoms with Crippen LogP contribution in [-0.2, 0) is 14.4 Å². The molecule has 9 heteroatoms. The first-order valence-electron chi connectivity index (χ1n) is 5.09. The van der Waals surface area contributed by atoms with Crippen molar-refractivity contribution in [2.24, 2.45) is 29.4 Å². The summed E-state index contributed by atoms with van der Waals surface area (Å²) in [7, 11) is 0. The van der Waals surface area contributed by atoms with Crippen molar-refractivity contribution in [2.45, 2.75) is 20.8 Å². The molecule has 0 heterocycles. The van der Waals surface area contributed by atoms with Crippen molar-refractivity contribution in [1.29, 1.82) is 0 Å². The number of hydrogen-bond donors (Lipinski definition) is 4. The van der Waals surface area contributed by atoms with Crippen molar-refractivity contribution in [3.63, 3.8) is 0 Å². The molecule has 0 saturated heterocycles. The maximum atomic E-state index is 11.4. The van der Waals surface area contributed by atoms with Crippen LogP contribution in [0.2, 0.25) is 0 Å². The van der Waals surface area contributed by atoms with E-state index in [-0.39, 0.29) is 18.4 Å². The largest absolute Gasteiger partial charge is 0.338 e. The molecule has 9 nitrogen and oxygen atoms in total. The van der Waals surface area contributed by atoms with Crippen molar-refractivity contribution in [2.75, 3.05) is 6.54 Å². The summed E-state index contributed by atoms with van der Waals surface area (Å²) in [5, 5.41) is 1.16. The molecule has 0 radical (unpaired) electrons. The molecule has 0 aliphatic carbocycles. The van der Waals surface area contributed by atoms with Gasteiger partial charge < -0.3 is 4.84 Å². The predicted octanol–water partition coefficient (Wildman–Crippen LogP) is -2.01. The Bertz CT molecular complexity index is 270. The highest BCUT2D eigenvalue weighted by molar-refractivity contribution is 5.77. The first-order valence-corrected chi connectivity index (χ1v) is 5.09. The third-order valence-electron chi connectivity index (χ3n) is 1.90. The molecule has 100 valence electrons. The van der Waals surface area contributed by atoms with Crippen molar-refractivity contribution in [3.8, 4) is 0 Å². The molecule has 7 N–H and O–H groups in total. The van der Waals surface area contributed by atoms with Crippen LogP contribution in [0.15, 0.2) is 0 Å². The van der Waals surface area contributed by atoms with E-state index in [1.54, 1.807) is 20.8 Å². The lowest BCUT2D eigenvalue weighted by Gasteiger charge is -2.21. The average Bonchev–Trinajstić information content (AvgIpc) is 2.22. The Balaban J connectivity index is 4.03. The smallest absolute Gasteiger partial charge is 0.332 e. The van der Waals surface area contributed by atoms with Gasteiger partial charge in [-0.15, -0.1) is 0 Å². The fourth-order valence-corrected chi connectivity index (χ4v) is 0.869. The fourth-order valence-electron chi connectivity index (χ4n) is 0.869. The Hall–Kier alpha value is -1.26. The summed E-state index contributed by atoms with van der Waals surface area (Å²) in [6, 6.07) is 0. The summed E-state index contributed by atoms with van der Waals surface area (Å²) >= 11 is 0. The Morgan fingerprint density at radius 1 is 1.24 bits per heavy atom. The van der Waals surface area contributed by atoms with E-state index in [2.05, 4.69) is 10.3 Å². The number of nitrogens with zero attached hydrogens (tertiary/aromatic N) is 2. The van der Waals surface area contributed by atoms with Gasteiger partial charge in [-0.05, 0) is 5.28 Å². The quantitative estimate of drug-likeness (QED) is 0.240. The lowest BCUT2D eigenvalue weighted by atomic mass is 10.2. The van der Waals surface area contributed by atoms with Gasteiger partial charge in [0.25, 0.3) is 5.91 Å². The second kappa shape index (κ2) is 7.14. The molecule has 0 bridgehead atoms. The maximum Gasteiger partial charge on any atom is 0.332 e. The van der Waals surface area contributed by atoms with Gasteiger partial charge in [0.2, 0.25) is 0 Å². The van der Waals surface area contributed by atoms with Crippen molar-refractivity contribution in [1.82, 2.24) is 15.8 Å². The summed E-state index contributed by atoms with van der Waals surface area (Å²) in [4.78, 5) is 27.1. The zero-order chi connectivity index (χ0) is 13.6. The monoisotopic (exact) mass is 248 g/mol. The van der Waals surface area contributed by atoms with Crippen LogP contribution in [0.4, 0.5) is 0 Å². The molecule has 0 aliphatic rings. The highest BCUT2D eigenvalue weighted by Crippen LogP contribution is 1.98. The van der Waals surface area contributed by atoms with E-state index in [1.165, 1.54) is 0 Å². The van der Waals surface area contributed by atoms with Crippen LogP contribution in [0.1, 0.15) is 20.8 Å². The third-order valence-corrected chi connectivity index (χ3v) is 1.90. The highest BCUT2D eigenvalue weighted by atomic mass is 16.8. The molecule has 0 aromatic heterocycles. The SMILES string of the molecule is CC(C)C(=O)N(N)NCC(C)C(=O)ON(N)N. The van der Waals surface area contributed by atoms with Crippen LogP contribution in [-0.4, -0.2) is 28.8 Å². The first-order chi connectivity index (χ1) is 7.75. The van der Waals surface area contributed by atoms with Gasteiger partial charge in [-0.2, -0.15) is 0 Å². The zero-order valence-electron chi connectivity index (χ0n) is 10.2. The predicted molar refractivity (Wildman–Crippen MR) is 59.3 cm³/mol. The minimum atomic E-state index is -0.632. The van der Waals surface area contributed by atoms with Crippen LogP contribution >= 0.6 is 0 Å². The number of carbonyl (C=O) groups excluding carboxylic acids is 2. The summed E-state index contributed by atoms with van der Waals surface area (Å²) in [5.41, 5.74) is 2.58. The summed E-state index contributed by atoms with van der Waals surface area (Å²) in [6.07, 6.45) is 0. The lowest BCUT2D eigenvalue weighted by molar-refractivity contribution is -0.198. The summed E-state index contributed by atoms with van der Waals surface area (Å²) < 4.78 is 0. The van der Waals surface area contributed by atoms with Gasteiger partial charge in [-0.1, -0.05) is 20.8 Å². The van der Waals surface area contributed by atoms with Gasteiger partial charge in [-0.3, -0.25) is 4.79 Å². The molecule has 0 aromatic rings. The normalized spacial score (nSPS) is 12.7. The van der Waals surface area contributed by atoms with E-state index < -0.39 is 11.9 Å². The minimum absolute atomic E-state index is 0.127. The van der Waals surface area contributed by atoms with E-state index in [4.69, 9.17) is 17.5 Å². The standard InChI is InChI=1S/C8H20N6O3/c1-5(2)7(15)13(9)12-4-6(3)8(16)17-14(10)11/h5-6,12H,4,9-11H2,1-3H3. The van der Waals surface area contributed by atoms with Crippen LogP contribution in [0, 0.1) is 11.8 Å². The zero-order valence-corrected chi connectivity index (χ0v) is 10.2. The molecule has 17 heavy (non-hydrogen) atoms. The molecular formula is C8H20N6O3. The van der Waals surface area contributed by atoms with Gasteiger partial charge in [0, 0.05) is 12.5 Å². The van der Waals surface area contributed by atoms with Crippen LogP contribution < -0.4 is 23.0 Å². The van der Waals surface area contributed by atoms with Gasteiger partial charge in [-0.25, -0.2) is 32.9 Å². The fraction of sp³-hybridized carbons (Fsp3) is 0.750. The molecule has 1 unspecified atom stereocenters. The molecular weight excluding hydrogens is 228 g/mol. The summed E-state index contributed by atoms with van der Waals surface area (Å²) in [5.74, 6) is 13.6. The van der Waals surface area contributed by atoms with Gasteiger partial charge in [0.15, 0.2) is 0 Å². The molecule has 0 spiro atoms. The molecule has 0 rings (SSSR count). The number of nitrogens with one attached hydrogen (secondary N) is 1. The third kappa shape index (κ3) is 6.14. The van der Waals surface area contributed by atoms with Crippen LogP contribution in [0.25, 0.3) is 0 Å². The molecule has 0 fully saturated rings. The van der Waals surface area contributed by atoms with E-state index in [1.807, 2.05) is 0 Å². The number of nitrogens with two attached hydrogens (primary N) is 3. The summed E-state index contributed by atoms with van der Waals surface area (Å²) in [6.45, 7) is 5.12. The first kappa shape index (κ1) is 15.7. The number of hydrogen-bond acceptors (Lipinski definition) is 8. The van der Waals surface area contributed by atoms with Gasteiger partial charge in [0.05, 0.1) is 5.92 Å². The Labute approximate surface area is 99.7 Å². The van der Waals surface area contributed by atoms with E-state index in [9.17, 15) is 9.59 Å². The van der Waals surface area contributed by atoms with Gasteiger partial charge >= 0.3 is 5.97 Å². The highest BCUT2D eigenvalue weighted by Gasteiger charge is 2.19. The number of hydrazine groups is 4. The molecule has 1 atom stereocenters.